The normalized spacial score (nSPS) is 17.0. The van der Waals surface area contributed by atoms with Gasteiger partial charge in [-0.15, -0.1) is 24.0 Å². The van der Waals surface area contributed by atoms with E-state index < -0.39 is 0 Å². The van der Waals surface area contributed by atoms with Gasteiger partial charge in [-0.25, -0.2) is 0 Å². The fourth-order valence-corrected chi connectivity index (χ4v) is 4.00. The Balaban J connectivity index is 0.00000341. The number of hydrogen-bond donors (Lipinski definition) is 1. The zero-order valence-electron chi connectivity index (χ0n) is 19.2. The summed E-state index contributed by atoms with van der Waals surface area (Å²) < 4.78 is 22.2. The summed E-state index contributed by atoms with van der Waals surface area (Å²) in [5, 5.41) is 3.44. The van der Waals surface area contributed by atoms with Gasteiger partial charge in [0.25, 0.3) is 0 Å². The van der Waals surface area contributed by atoms with E-state index in [0.717, 1.165) is 95.7 Å². The summed E-state index contributed by atoms with van der Waals surface area (Å²) in [6, 6.07) is 4.19. The van der Waals surface area contributed by atoms with Gasteiger partial charge in [0, 0.05) is 52.6 Å². The van der Waals surface area contributed by atoms with Crippen LogP contribution in [0.3, 0.4) is 0 Å². The molecule has 0 spiro atoms. The Labute approximate surface area is 203 Å². The van der Waals surface area contributed by atoms with Crippen LogP contribution in [0.15, 0.2) is 17.1 Å². The number of guanidine groups is 1. The lowest BCUT2D eigenvalue weighted by molar-refractivity contribution is 0.0205. The molecule has 1 aromatic rings. The van der Waals surface area contributed by atoms with Crippen LogP contribution in [-0.4, -0.2) is 71.1 Å². The fraction of sp³-hybridized carbons (Fsp3) is 0.696. The van der Waals surface area contributed by atoms with Gasteiger partial charge in [-0.1, -0.05) is 0 Å². The fourth-order valence-electron chi connectivity index (χ4n) is 4.00. The maximum absolute atomic E-state index is 5.87. The molecule has 2 heterocycles. The average Bonchev–Trinajstić information content (AvgIpc) is 2.79. The monoisotopic (exact) mass is 547 g/mol. The number of halogens is 1. The highest BCUT2D eigenvalue weighted by molar-refractivity contribution is 14.0. The quantitative estimate of drug-likeness (QED) is 0.221. The Morgan fingerprint density at radius 2 is 1.87 bits per heavy atom. The Morgan fingerprint density at radius 1 is 1.16 bits per heavy atom. The van der Waals surface area contributed by atoms with Gasteiger partial charge in [-0.05, 0) is 61.8 Å². The second-order valence-corrected chi connectivity index (χ2v) is 7.87. The molecule has 176 valence electrons. The van der Waals surface area contributed by atoms with Crippen molar-refractivity contribution in [1.29, 1.82) is 0 Å². The minimum atomic E-state index is 0. The molecule has 31 heavy (non-hydrogen) atoms. The molecule has 8 heteroatoms. The summed E-state index contributed by atoms with van der Waals surface area (Å²) in [6.45, 7) is 8.86. The van der Waals surface area contributed by atoms with Crippen molar-refractivity contribution in [2.75, 3.05) is 60.3 Å². The van der Waals surface area contributed by atoms with E-state index in [2.05, 4.69) is 29.3 Å². The molecular weight excluding hydrogens is 509 g/mol. The van der Waals surface area contributed by atoms with Crippen LogP contribution in [0.5, 0.6) is 11.5 Å². The van der Waals surface area contributed by atoms with Gasteiger partial charge in [-0.2, -0.15) is 0 Å². The molecule has 2 aliphatic heterocycles. The number of aliphatic imine (C=N–C) groups is 1. The SMILES string of the molecule is CCNC(=NCCCOCC1CCOCC1)N1CCc2cc(OC)c(OC)cc2C1.I. The molecule has 3 rings (SSSR count). The van der Waals surface area contributed by atoms with Gasteiger partial charge in [0.1, 0.15) is 0 Å². The lowest BCUT2D eigenvalue weighted by atomic mass is 9.99. The molecule has 0 aliphatic carbocycles. The van der Waals surface area contributed by atoms with Gasteiger partial charge in [-0.3, -0.25) is 4.99 Å². The molecule has 1 aromatic carbocycles. The number of ether oxygens (including phenoxy) is 4. The minimum Gasteiger partial charge on any atom is -0.493 e. The first-order valence-electron chi connectivity index (χ1n) is 11.2. The van der Waals surface area contributed by atoms with Crippen LogP contribution in [0.1, 0.15) is 37.3 Å². The number of methoxy groups -OCH3 is 2. The second kappa shape index (κ2) is 14.0. The summed E-state index contributed by atoms with van der Waals surface area (Å²) >= 11 is 0. The van der Waals surface area contributed by atoms with Gasteiger partial charge >= 0.3 is 0 Å². The van der Waals surface area contributed by atoms with E-state index in [4.69, 9.17) is 23.9 Å². The molecule has 0 saturated carbocycles. The van der Waals surface area contributed by atoms with E-state index in [-0.39, 0.29) is 24.0 Å². The molecule has 0 aromatic heterocycles. The maximum atomic E-state index is 5.87. The molecule has 1 saturated heterocycles. The lowest BCUT2D eigenvalue weighted by Gasteiger charge is -2.32. The van der Waals surface area contributed by atoms with Crippen LogP contribution >= 0.6 is 24.0 Å². The Kier molecular flexibility index (Phi) is 11.7. The minimum absolute atomic E-state index is 0. The van der Waals surface area contributed by atoms with Crippen LogP contribution in [-0.2, 0) is 22.4 Å². The third kappa shape index (κ3) is 7.68. The molecule has 0 unspecified atom stereocenters. The number of benzene rings is 1. The van der Waals surface area contributed by atoms with Gasteiger partial charge in [0.15, 0.2) is 17.5 Å². The van der Waals surface area contributed by atoms with Crippen molar-refractivity contribution in [3.8, 4) is 11.5 Å². The van der Waals surface area contributed by atoms with E-state index in [0.29, 0.717) is 5.92 Å². The summed E-state index contributed by atoms with van der Waals surface area (Å²) in [6.07, 6.45) is 4.15. The smallest absolute Gasteiger partial charge is 0.194 e. The van der Waals surface area contributed by atoms with Crippen LogP contribution < -0.4 is 14.8 Å². The lowest BCUT2D eigenvalue weighted by Crippen LogP contribution is -2.44. The van der Waals surface area contributed by atoms with Crippen molar-refractivity contribution < 1.29 is 18.9 Å². The Hall–Kier alpha value is -1.26. The van der Waals surface area contributed by atoms with E-state index in [1.807, 2.05) is 0 Å². The number of nitrogens with zero attached hydrogens (tertiary/aromatic N) is 2. The van der Waals surface area contributed by atoms with Crippen LogP contribution in [0, 0.1) is 5.92 Å². The van der Waals surface area contributed by atoms with Crippen molar-refractivity contribution in [2.24, 2.45) is 10.9 Å². The summed E-state index contributed by atoms with van der Waals surface area (Å²) in [4.78, 5) is 7.17. The molecule has 0 atom stereocenters. The van der Waals surface area contributed by atoms with E-state index in [9.17, 15) is 0 Å². The third-order valence-electron chi connectivity index (χ3n) is 5.76. The van der Waals surface area contributed by atoms with Crippen molar-refractivity contribution in [1.82, 2.24) is 10.2 Å². The average molecular weight is 547 g/mol. The second-order valence-electron chi connectivity index (χ2n) is 7.87. The predicted molar refractivity (Wildman–Crippen MR) is 134 cm³/mol. The molecule has 1 fully saturated rings. The first-order valence-corrected chi connectivity index (χ1v) is 11.2. The molecule has 0 radical (unpaired) electrons. The highest BCUT2D eigenvalue weighted by Gasteiger charge is 2.21. The first kappa shape index (κ1) is 26.0. The highest BCUT2D eigenvalue weighted by atomic mass is 127. The zero-order valence-corrected chi connectivity index (χ0v) is 21.5. The largest absolute Gasteiger partial charge is 0.493 e. The maximum Gasteiger partial charge on any atom is 0.194 e. The van der Waals surface area contributed by atoms with Gasteiger partial charge < -0.3 is 29.2 Å². The Morgan fingerprint density at radius 3 is 2.55 bits per heavy atom. The van der Waals surface area contributed by atoms with Crippen LogP contribution in [0.4, 0.5) is 0 Å². The van der Waals surface area contributed by atoms with Gasteiger partial charge in [0.05, 0.1) is 14.2 Å². The number of nitrogens with one attached hydrogen (secondary N) is 1. The van der Waals surface area contributed by atoms with E-state index >= 15 is 0 Å². The standard InChI is InChI=1S/C23H37N3O4.HI/c1-4-24-23(25-9-5-11-30-17-18-7-12-29-13-8-18)26-10-6-19-14-21(27-2)22(28-3)15-20(19)16-26;/h14-15,18H,4-13,16-17H2,1-3H3,(H,24,25);1H. The van der Waals surface area contributed by atoms with Crippen molar-refractivity contribution in [3.63, 3.8) is 0 Å². The zero-order chi connectivity index (χ0) is 21.2. The molecule has 1 N–H and O–H groups in total. The number of fused-ring (bicyclic) bond motifs is 1. The summed E-state index contributed by atoms with van der Waals surface area (Å²) in [5.74, 6) is 3.21. The summed E-state index contributed by atoms with van der Waals surface area (Å²) in [5.41, 5.74) is 2.59. The molecule has 0 bridgehead atoms. The number of rotatable bonds is 9. The van der Waals surface area contributed by atoms with Gasteiger partial charge in [0.2, 0.25) is 0 Å². The molecule has 7 nitrogen and oxygen atoms in total. The van der Waals surface area contributed by atoms with Crippen LogP contribution in [0.2, 0.25) is 0 Å². The number of hydrogen-bond acceptors (Lipinski definition) is 5. The van der Waals surface area contributed by atoms with Crippen LogP contribution in [0.25, 0.3) is 0 Å². The summed E-state index contributed by atoms with van der Waals surface area (Å²) in [7, 11) is 3.36. The third-order valence-corrected chi connectivity index (χ3v) is 5.76. The van der Waals surface area contributed by atoms with E-state index in [1.54, 1.807) is 14.2 Å². The predicted octanol–water partition coefficient (Wildman–Crippen LogP) is 3.48. The molecular formula is C23H38IN3O4. The first-order chi connectivity index (χ1) is 14.7. The molecule has 2 aliphatic rings. The topological polar surface area (TPSA) is 64.6 Å². The van der Waals surface area contributed by atoms with E-state index in [1.165, 1.54) is 11.1 Å². The highest BCUT2D eigenvalue weighted by Crippen LogP contribution is 2.33. The van der Waals surface area contributed by atoms with Crippen molar-refractivity contribution in [2.45, 2.75) is 39.2 Å². The molecule has 0 amide bonds. The Bertz CT molecular complexity index is 696. The van der Waals surface area contributed by atoms with Crippen molar-refractivity contribution >= 4 is 29.9 Å². The van der Waals surface area contributed by atoms with Crippen molar-refractivity contribution in [3.05, 3.63) is 23.3 Å².